The van der Waals surface area contributed by atoms with Gasteiger partial charge in [0.05, 0.1) is 27.7 Å². The Bertz CT molecular complexity index is 1180. The van der Waals surface area contributed by atoms with Crippen LogP contribution in [0.1, 0.15) is 39.6 Å². The van der Waals surface area contributed by atoms with Crippen molar-refractivity contribution in [3.05, 3.63) is 69.2 Å². The zero-order chi connectivity index (χ0) is 22.4. The van der Waals surface area contributed by atoms with Crippen molar-refractivity contribution >= 4 is 28.6 Å². The highest BCUT2D eigenvalue weighted by Gasteiger charge is 2.34. The van der Waals surface area contributed by atoms with Crippen molar-refractivity contribution in [1.82, 2.24) is 14.5 Å². The number of rotatable bonds is 3. The lowest BCUT2D eigenvalue weighted by Gasteiger charge is -2.38. The minimum absolute atomic E-state index is 0.0112. The molecule has 30 heavy (non-hydrogen) atoms. The molecule has 3 rings (SSSR count). The predicted octanol–water partition coefficient (Wildman–Crippen LogP) is 5.16. The van der Waals surface area contributed by atoms with Crippen LogP contribution in [0.5, 0.6) is 0 Å². The number of nitrogens with zero attached hydrogens (tertiary/aromatic N) is 3. The molecule has 9 heteroatoms. The number of carboxylic acid groups (broad SMARTS) is 1. The second-order valence-electron chi connectivity index (χ2n) is 7.87. The van der Waals surface area contributed by atoms with Crippen molar-refractivity contribution in [2.75, 3.05) is 0 Å². The highest BCUT2D eigenvalue weighted by molar-refractivity contribution is 6.35. The fourth-order valence-corrected chi connectivity index (χ4v) is 3.80. The van der Waals surface area contributed by atoms with E-state index < -0.39 is 34.9 Å². The number of hydrogen-bond acceptors (Lipinski definition) is 3. The molecule has 0 aliphatic rings. The SMILES string of the molecule is C[C@@H](c1nc2cccc(Cl)c2c(=O)n1-c1cc(F)cc(F)c1)N(C(=O)O)C(C)(C)C. The van der Waals surface area contributed by atoms with Gasteiger partial charge in [0.25, 0.3) is 5.56 Å². The lowest BCUT2D eigenvalue weighted by Crippen LogP contribution is -2.47. The van der Waals surface area contributed by atoms with E-state index in [1.54, 1.807) is 39.8 Å². The van der Waals surface area contributed by atoms with Crippen LogP contribution in [-0.4, -0.2) is 31.2 Å². The van der Waals surface area contributed by atoms with Crippen molar-refractivity contribution in [3.63, 3.8) is 0 Å². The Morgan fingerprint density at radius 3 is 2.33 bits per heavy atom. The molecule has 1 N–H and O–H groups in total. The molecule has 0 aliphatic heterocycles. The average Bonchev–Trinajstić information content (AvgIpc) is 2.58. The number of benzene rings is 2. The standard InChI is InChI=1S/C21H20ClF2N3O3/c1-11(27(20(29)30)21(2,3)4)18-25-16-7-5-6-15(22)17(16)19(28)26(18)14-9-12(23)8-13(24)10-14/h5-11H,1-4H3,(H,29,30)/t11-/m0/s1. The van der Waals surface area contributed by atoms with Gasteiger partial charge in [-0.2, -0.15) is 0 Å². The van der Waals surface area contributed by atoms with E-state index in [9.17, 15) is 23.5 Å². The highest BCUT2D eigenvalue weighted by Crippen LogP contribution is 2.30. The molecule has 1 atom stereocenters. The molecular formula is C21H20ClF2N3O3. The maximum atomic E-state index is 13.9. The van der Waals surface area contributed by atoms with Crippen molar-refractivity contribution in [1.29, 1.82) is 0 Å². The first-order valence-electron chi connectivity index (χ1n) is 9.11. The summed E-state index contributed by atoms with van der Waals surface area (Å²) < 4.78 is 28.9. The molecule has 6 nitrogen and oxygen atoms in total. The fraction of sp³-hybridized carbons (Fsp3) is 0.286. The van der Waals surface area contributed by atoms with Crippen molar-refractivity contribution in [2.24, 2.45) is 0 Å². The molecule has 1 aromatic heterocycles. The molecule has 1 heterocycles. The maximum Gasteiger partial charge on any atom is 0.408 e. The number of halogens is 3. The first-order valence-corrected chi connectivity index (χ1v) is 9.49. The number of amides is 1. The summed E-state index contributed by atoms with van der Waals surface area (Å²) in [6.45, 7) is 6.64. The van der Waals surface area contributed by atoms with Gasteiger partial charge in [-0.15, -0.1) is 0 Å². The van der Waals surface area contributed by atoms with Gasteiger partial charge in [-0.3, -0.25) is 14.3 Å². The first kappa shape index (κ1) is 21.7. The minimum atomic E-state index is -1.23. The van der Waals surface area contributed by atoms with Crippen LogP contribution in [0, 0.1) is 11.6 Å². The molecule has 0 fully saturated rings. The second kappa shape index (κ2) is 7.68. The van der Waals surface area contributed by atoms with Gasteiger partial charge >= 0.3 is 6.09 Å². The summed E-state index contributed by atoms with van der Waals surface area (Å²) in [7, 11) is 0. The Morgan fingerprint density at radius 2 is 1.80 bits per heavy atom. The molecule has 0 aliphatic carbocycles. The van der Waals surface area contributed by atoms with Crippen LogP contribution in [0.25, 0.3) is 16.6 Å². The van der Waals surface area contributed by atoms with E-state index in [2.05, 4.69) is 4.98 Å². The van der Waals surface area contributed by atoms with Gasteiger partial charge < -0.3 is 5.11 Å². The van der Waals surface area contributed by atoms with Gasteiger partial charge in [0, 0.05) is 11.6 Å². The van der Waals surface area contributed by atoms with Crippen LogP contribution in [0.4, 0.5) is 13.6 Å². The highest BCUT2D eigenvalue weighted by atomic mass is 35.5. The summed E-state index contributed by atoms with van der Waals surface area (Å²) >= 11 is 6.20. The molecule has 2 aromatic carbocycles. The van der Waals surface area contributed by atoms with Gasteiger partial charge in [-0.25, -0.2) is 18.6 Å². The first-order chi connectivity index (χ1) is 13.9. The second-order valence-corrected chi connectivity index (χ2v) is 8.28. The summed E-state index contributed by atoms with van der Waals surface area (Å²) in [5.41, 5.74) is -1.36. The van der Waals surface area contributed by atoms with Crippen molar-refractivity contribution in [3.8, 4) is 5.69 Å². The van der Waals surface area contributed by atoms with Crippen molar-refractivity contribution in [2.45, 2.75) is 39.3 Å². The Morgan fingerprint density at radius 1 is 1.20 bits per heavy atom. The van der Waals surface area contributed by atoms with E-state index >= 15 is 0 Å². The number of hydrogen-bond donors (Lipinski definition) is 1. The Hall–Kier alpha value is -3.00. The molecule has 0 saturated heterocycles. The van der Waals surface area contributed by atoms with E-state index in [1.165, 1.54) is 6.07 Å². The number of aromatic nitrogens is 2. The fourth-order valence-electron chi connectivity index (χ4n) is 3.55. The van der Waals surface area contributed by atoms with Crippen LogP contribution in [0.3, 0.4) is 0 Å². The maximum absolute atomic E-state index is 13.9. The summed E-state index contributed by atoms with van der Waals surface area (Å²) in [5.74, 6) is -1.77. The monoisotopic (exact) mass is 435 g/mol. The molecule has 0 radical (unpaired) electrons. The van der Waals surface area contributed by atoms with Gasteiger partial charge in [0.1, 0.15) is 17.5 Å². The molecule has 3 aromatic rings. The third kappa shape index (κ3) is 3.87. The summed E-state index contributed by atoms with van der Waals surface area (Å²) in [4.78, 5) is 31.0. The number of fused-ring (bicyclic) bond motifs is 1. The van der Waals surface area contributed by atoms with E-state index in [0.29, 0.717) is 6.07 Å². The third-order valence-corrected chi connectivity index (χ3v) is 4.98. The van der Waals surface area contributed by atoms with Gasteiger partial charge in [0.15, 0.2) is 0 Å². The summed E-state index contributed by atoms with van der Waals surface area (Å²) in [6, 6.07) is 6.39. The zero-order valence-electron chi connectivity index (χ0n) is 16.8. The summed E-state index contributed by atoms with van der Waals surface area (Å²) in [6.07, 6.45) is -1.23. The van der Waals surface area contributed by atoms with E-state index in [4.69, 9.17) is 11.6 Å². The lowest BCUT2D eigenvalue weighted by atomic mass is 10.0. The van der Waals surface area contributed by atoms with E-state index in [-0.39, 0.29) is 27.4 Å². The topological polar surface area (TPSA) is 75.4 Å². The van der Waals surface area contributed by atoms with Gasteiger partial charge in [0.2, 0.25) is 0 Å². The normalized spacial score (nSPS) is 12.8. The molecule has 0 spiro atoms. The van der Waals surface area contributed by atoms with E-state index in [1.807, 2.05) is 0 Å². The molecule has 0 unspecified atom stereocenters. The zero-order valence-corrected chi connectivity index (χ0v) is 17.5. The van der Waals surface area contributed by atoms with E-state index in [0.717, 1.165) is 21.6 Å². The molecule has 158 valence electrons. The smallest absolute Gasteiger partial charge is 0.408 e. The average molecular weight is 436 g/mol. The van der Waals surface area contributed by atoms with Crippen LogP contribution >= 0.6 is 11.6 Å². The molecule has 0 bridgehead atoms. The largest absolute Gasteiger partial charge is 0.465 e. The summed E-state index contributed by atoms with van der Waals surface area (Å²) in [5, 5.41) is 9.98. The predicted molar refractivity (Wildman–Crippen MR) is 110 cm³/mol. The Labute approximate surface area is 176 Å². The van der Waals surface area contributed by atoms with Crippen molar-refractivity contribution < 1.29 is 18.7 Å². The lowest BCUT2D eigenvalue weighted by molar-refractivity contribution is 0.0719. The molecule has 0 saturated carbocycles. The third-order valence-electron chi connectivity index (χ3n) is 4.67. The Kier molecular flexibility index (Phi) is 5.56. The molecule has 1 amide bonds. The van der Waals surface area contributed by atoms with Gasteiger partial charge in [-0.1, -0.05) is 17.7 Å². The quantitative estimate of drug-likeness (QED) is 0.616. The van der Waals surface area contributed by atoms with Crippen LogP contribution in [-0.2, 0) is 0 Å². The van der Waals surface area contributed by atoms with Crippen LogP contribution < -0.4 is 5.56 Å². The Balaban J connectivity index is 2.43. The molecular weight excluding hydrogens is 416 g/mol. The minimum Gasteiger partial charge on any atom is -0.465 e. The number of carbonyl (C=O) groups is 1. The van der Waals surface area contributed by atoms with Gasteiger partial charge in [-0.05, 0) is 52.0 Å². The van der Waals surface area contributed by atoms with Crippen LogP contribution in [0.2, 0.25) is 5.02 Å². The van der Waals surface area contributed by atoms with Crippen LogP contribution in [0.15, 0.2) is 41.2 Å².